The van der Waals surface area contributed by atoms with Crippen molar-refractivity contribution in [2.75, 3.05) is 5.01 Å². The van der Waals surface area contributed by atoms with Crippen LogP contribution in [0, 0.1) is 0 Å². The number of anilines is 1. The smallest absolute Gasteiger partial charge is 0.335 e. The topological polar surface area (TPSA) is 65.0 Å². The number of aliphatic carboxylic acids is 1. The van der Waals surface area contributed by atoms with Gasteiger partial charge in [0.25, 0.3) is 0 Å². The predicted octanol–water partition coefficient (Wildman–Crippen LogP) is 2.15. The summed E-state index contributed by atoms with van der Waals surface area (Å²) in [5, 5.41) is 12.5. The van der Waals surface area contributed by atoms with Crippen LogP contribution in [-0.4, -0.2) is 22.4 Å². The maximum absolute atomic E-state index is 10.9. The molecule has 2 rings (SSSR count). The number of hydrogen-bond acceptors (Lipinski definition) is 5. The van der Waals surface area contributed by atoms with Crippen molar-refractivity contribution >= 4 is 23.3 Å². The first kappa shape index (κ1) is 13.7. The van der Waals surface area contributed by atoms with E-state index < -0.39 is 12.1 Å². The van der Waals surface area contributed by atoms with E-state index in [1.807, 2.05) is 12.1 Å². The van der Waals surface area contributed by atoms with Crippen LogP contribution in [0.25, 0.3) is 0 Å². The van der Waals surface area contributed by atoms with Gasteiger partial charge in [-0.2, -0.15) is 5.17 Å². The molecule has 1 aliphatic heterocycles. The Morgan fingerprint density at radius 3 is 2.68 bits per heavy atom. The summed E-state index contributed by atoms with van der Waals surface area (Å²) in [6.07, 6.45) is 2.81. The zero-order valence-corrected chi connectivity index (χ0v) is 11.0. The third kappa shape index (κ3) is 3.37. The van der Waals surface area contributed by atoms with Gasteiger partial charge in [-0.1, -0.05) is 18.5 Å². The first-order chi connectivity index (χ1) is 9.10. The highest BCUT2D eigenvalue weighted by Gasteiger charge is 2.22. The third-order valence-electron chi connectivity index (χ3n) is 2.55. The van der Waals surface area contributed by atoms with Gasteiger partial charge in [-0.25, -0.2) is 9.63 Å². The quantitative estimate of drug-likeness (QED) is 0.863. The van der Waals surface area contributed by atoms with Gasteiger partial charge >= 0.3 is 5.97 Å². The van der Waals surface area contributed by atoms with Crippen LogP contribution < -0.4 is 10.5 Å². The molecule has 7 heteroatoms. The van der Waals surface area contributed by atoms with Crippen LogP contribution in [0.2, 0.25) is 5.02 Å². The number of benzene rings is 1. The number of rotatable bonds is 5. The molecule has 0 radical (unpaired) electrons. The van der Waals surface area contributed by atoms with Crippen LogP contribution in [0.15, 0.2) is 36.7 Å². The number of hydrazine groups is 2. The Hall–Kier alpha value is -1.76. The molecule has 0 aliphatic carbocycles. The Balaban J connectivity index is 1.95. The van der Waals surface area contributed by atoms with Gasteiger partial charge < -0.3 is 5.11 Å². The molecule has 2 N–H and O–H groups in total. The SMILES string of the molecule is CCC(ON1C=CN(c2ccc(Cl)cc2)N1)C(=O)O. The third-order valence-corrected chi connectivity index (χ3v) is 2.80. The first-order valence-electron chi connectivity index (χ1n) is 5.78. The normalized spacial score (nSPS) is 15.9. The van der Waals surface area contributed by atoms with Gasteiger partial charge in [0.15, 0.2) is 6.10 Å². The molecule has 0 saturated carbocycles. The Kier molecular flexibility index (Phi) is 4.26. The predicted molar refractivity (Wildman–Crippen MR) is 70.8 cm³/mol. The van der Waals surface area contributed by atoms with E-state index in [4.69, 9.17) is 21.5 Å². The summed E-state index contributed by atoms with van der Waals surface area (Å²) in [5.74, 6) is -0.998. The fourth-order valence-corrected chi connectivity index (χ4v) is 1.66. The van der Waals surface area contributed by atoms with E-state index in [1.54, 1.807) is 36.5 Å². The molecular weight excluding hydrogens is 270 g/mol. The van der Waals surface area contributed by atoms with Crippen molar-refractivity contribution < 1.29 is 14.7 Å². The molecule has 1 aliphatic rings. The van der Waals surface area contributed by atoms with Crippen molar-refractivity contribution in [3.63, 3.8) is 0 Å². The lowest BCUT2D eigenvalue weighted by Gasteiger charge is -2.23. The maximum atomic E-state index is 10.9. The maximum Gasteiger partial charge on any atom is 0.335 e. The number of carbonyl (C=O) groups is 1. The van der Waals surface area contributed by atoms with Gasteiger partial charge in [0.05, 0.1) is 11.9 Å². The second kappa shape index (κ2) is 5.92. The van der Waals surface area contributed by atoms with Crippen molar-refractivity contribution in [1.82, 2.24) is 10.7 Å². The summed E-state index contributed by atoms with van der Waals surface area (Å²) in [7, 11) is 0. The molecule has 1 aromatic carbocycles. The minimum atomic E-state index is -0.998. The number of nitrogens with zero attached hydrogens (tertiary/aromatic N) is 2. The molecule has 6 nitrogen and oxygen atoms in total. The van der Waals surface area contributed by atoms with E-state index in [-0.39, 0.29) is 0 Å². The van der Waals surface area contributed by atoms with Gasteiger partial charge in [0.2, 0.25) is 0 Å². The van der Waals surface area contributed by atoms with E-state index in [0.29, 0.717) is 11.4 Å². The molecule has 1 heterocycles. The van der Waals surface area contributed by atoms with E-state index in [9.17, 15) is 4.79 Å². The Bertz CT molecular complexity index is 478. The molecular formula is C12H14ClN3O3. The summed E-state index contributed by atoms with van der Waals surface area (Å²) in [4.78, 5) is 16.1. The first-order valence-corrected chi connectivity index (χ1v) is 6.16. The molecule has 19 heavy (non-hydrogen) atoms. The van der Waals surface area contributed by atoms with Crippen molar-refractivity contribution in [1.29, 1.82) is 0 Å². The van der Waals surface area contributed by atoms with E-state index >= 15 is 0 Å². The number of hydrogen-bond donors (Lipinski definition) is 2. The van der Waals surface area contributed by atoms with Crippen LogP contribution in [0.3, 0.4) is 0 Å². The summed E-state index contributed by atoms with van der Waals surface area (Å²) in [5.41, 5.74) is 3.73. The average Bonchev–Trinajstić information content (AvgIpc) is 2.85. The summed E-state index contributed by atoms with van der Waals surface area (Å²) in [6.45, 7) is 1.75. The summed E-state index contributed by atoms with van der Waals surface area (Å²) >= 11 is 5.81. The van der Waals surface area contributed by atoms with E-state index in [0.717, 1.165) is 5.69 Å². The van der Waals surface area contributed by atoms with Crippen molar-refractivity contribution in [2.24, 2.45) is 0 Å². The van der Waals surface area contributed by atoms with E-state index in [1.165, 1.54) is 5.17 Å². The minimum absolute atomic E-state index is 0.377. The fourth-order valence-electron chi connectivity index (χ4n) is 1.54. The standard InChI is InChI=1S/C12H14ClN3O3/c1-2-11(12(17)18)19-16-8-7-15(14-16)10-5-3-9(13)4-6-10/h3-8,11,14H,2H2,1H3,(H,17,18). The average molecular weight is 284 g/mol. The Morgan fingerprint density at radius 2 is 2.11 bits per heavy atom. The second-order valence-electron chi connectivity index (χ2n) is 3.91. The molecule has 0 saturated heterocycles. The number of nitrogens with one attached hydrogen (secondary N) is 1. The molecule has 0 bridgehead atoms. The molecule has 0 spiro atoms. The van der Waals surface area contributed by atoms with Crippen molar-refractivity contribution in [2.45, 2.75) is 19.4 Å². The Labute approximate surface area is 115 Å². The summed E-state index contributed by atoms with van der Waals surface area (Å²) < 4.78 is 0. The van der Waals surface area contributed by atoms with Gasteiger partial charge in [0.1, 0.15) is 0 Å². The highest BCUT2D eigenvalue weighted by molar-refractivity contribution is 6.30. The van der Waals surface area contributed by atoms with E-state index in [2.05, 4.69) is 5.53 Å². The van der Waals surface area contributed by atoms with Crippen LogP contribution in [-0.2, 0) is 9.63 Å². The molecule has 1 aromatic rings. The second-order valence-corrected chi connectivity index (χ2v) is 4.35. The van der Waals surface area contributed by atoms with Crippen LogP contribution in [0.1, 0.15) is 13.3 Å². The lowest BCUT2D eigenvalue weighted by Crippen LogP contribution is -2.42. The molecule has 0 fully saturated rings. The van der Waals surface area contributed by atoms with Crippen molar-refractivity contribution in [3.8, 4) is 0 Å². The zero-order valence-electron chi connectivity index (χ0n) is 10.3. The molecule has 1 atom stereocenters. The van der Waals surface area contributed by atoms with Crippen molar-refractivity contribution in [3.05, 3.63) is 41.7 Å². The number of hydroxylamine groups is 1. The molecule has 0 aromatic heterocycles. The number of carboxylic acid groups (broad SMARTS) is 1. The molecule has 0 amide bonds. The molecule has 1 unspecified atom stereocenters. The fraction of sp³-hybridized carbons (Fsp3) is 0.250. The lowest BCUT2D eigenvalue weighted by atomic mass is 10.3. The van der Waals surface area contributed by atoms with Gasteiger partial charge in [0, 0.05) is 11.2 Å². The minimum Gasteiger partial charge on any atom is -0.479 e. The Morgan fingerprint density at radius 1 is 1.42 bits per heavy atom. The highest BCUT2D eigenvalue weighted by atomic mass is 35.5. The molecule has 102 valence electrons. The lowest BCUT2D eigenvalue weighted by molar-refractivity contribution is -0.206. The van der Waals surface area contributed by atoms with Gasteiger partial charge in [-0.15, -0.1) is 5.53 Å². The number of carboxylic acids is 1. The van der Waals surface area contributed by atoms with Crippen LogP contribution in [0.4, 0.5) is 5.69 Å². The van der Waals surface area contributed by atoms with Crippen LogP contribution in [0.5, 0.6) is 0 Å². The highest BCUT2D eigenvalue weighted by Crippen LogP contribution is 2.19. The summed E-state index contributed by atoms with van der Waals surface area (Å²) in [6, 6.07) is 7.19. The van der Waals surface area contributed by atoms with Gasteiger partial charge in [-0.05, 0) is 30.7 Å². The monoisotopic (exact) mass is 283 g/mol. The van der Waals surface area contributed by atoms with Crippen LogP contribution >= 0.6 is 11.6 Å². The largest absolute Gasteiger partial charge is 0.479 e. The number of halogens is 1. The van der Waals surface area contributed by atoms with Gasteiger partial charge in [-0.3, -0.25) is 5.01 Å². The zero-order chi connectivity index (χ0) is 13.8.